The Balaban J connectivity index is 1.92. The zero-order chi connectivity index (χ0) is 10.1. The molecule has 1 atom stereocenters. The second kappa shape index (κ2) is 3.70. The summed E-state index contributed by atoms with van der Waals surface area (Å²) < 4.78 is 0. The van der Waals surface area contributed by atoms with Gasteiger partial charge in [-0.1, -0.05) is 12.1 Å². The Bertz CT molecular complexity index is 452. The van der Waals surface area contributed by atoms with E-state index in [1.807, 2.05) is 6.20 Å². The van der Waals surface area contributed by atoms with Gasteiger partial charge in [-0.2, -0.15) is 0 Å². The fourth-order valence-electron chi connectivity index (χ4n) is 2.53. The van der Waals surface area contributed by atoms with Crippen LogP contribution in [0.4, 0.5) is 0 Å². The van der Waals surface area contributed by atoms with E-state index < -0.39 is 0 Å². The summed E-state index contributed by atoms with van der Waals surface area (Å²) in [5.41, 5.74) is 2.75. The maximum atomic E-state index is 3.43. The van der Waals surface area contributed by atoms with Crippen LogP contribution in [0.5, 0.6) is 0 Å². The first-order valence-electron chi connectivity index (χ1n) is 5.69. The first-order chi connectivity index (χ1) is 7.43. The van der Waals surface area contributed by atoms with Gasteiger partial charge in [0.25, 0.3) is 0 Å². The maximum Gasteiger partial charge on any atom is 0.0456 e. The van der Waals surface area contributed by atoms with Crippen molar-refractivity contribution in [3.63, 3.8) is 0 Å². The molecule has 0 bridgehead atoms. The predicted molar refractivity (Wildman–Crippen MR) is 63.0 cm³/mol. The molecule has 1 aromatic carbocycles. The third-order valence-corrected chi connectivity index (χ3v) is 3.36. The number of aromatic nitrogens is 1. The molecule has 15 heavy (non-hydrogen) atoms. The van der Waals surface area contributed by atoms with E-state index in [9.17, 15) is 0 Å². The minimum atomic E-state index is 0.825. The lowest BCUT2D eigenvalue weighted by atomic mass is 9.96. The van der Waals surface area contributed by atoms with Crippen LogP contribution in [0, 0.1) is 5.92 Å². The van der Waals surface area contributed by atoms with Crippen LogP contribution < -0.4 is 5.32 Å². The van der Waals surface area contributed by atoms with Crippen molar-refractivity contribution in [1.29, 1.82) is 0 Å². The molecule has 2 nitrogen and oxygen atoms in total. The molecule has 78 valence electrons. The lowest BCUT2D eigenvalue weighted by molar-refractivity contribution is 0.582. The summed E-state index contributed by atoms with van der Waals surface area (Å²) in [5.74, 6) is 0.825. The monoisotopic (exact) mass is 200 g/mol. The molecular formula is C13H16N2. The smallest absolute Gasteiger partial charge is 0.0456 e. The van der Waals surface area contributed by atoms with E-state index in [1.165, 1.54) is 42.4 Å². The van der Waals surface area contributed by atoms with Crippen molar-refractivity contribution in [1.82, 2.24) is 10.3 Å². The van der Waals surface area contributed by atoms with Crippen LogP contribution >= 0.6 is 0 Å². The highest BCUT2D eigenvalue weighted by Crippen LogP contribution is 2.22. The SMILES string of the molecule is c1cc(CC2CCNC2)c2cc[nH]c2c1. The van der Waals surface area contributed by atoms with Crippen molar-refractivity contribution in [3.05, 3.63) is 36.0 Å². The van der Waals surface area contributed by atoms with Gasteiger partial charge < -0.3 is 10.3 Å². The molecule has 0 aliphatic carbocycles. The summed E-state index contributed by atoms with van der Waals surface area (Å²) >= 11 is 0. The van der Waals surface area contributed by atoms with Gasteiger partial charge in [-0.25, -0.2) is 0 Å². The highest BCUT2D eigenvalue weighted by molar-refractivity contribution is 5.82. The third kappa shape index (κ3) is 1.65. The van der Waals surface area contributed by atoms with E-state index in [2.05, 4.69) is 34.6 Å². The van der Waals surface area contributed by atoms with Crippen molar-refractivity contribution >= 4 is 10.9 Å². The van der Waals surface area contributed by atoms with Gasteiger partial charge in [0.15, 0.2) is 0 Å². The Kier molecular flexibility index (Phi) is 2.22. The van der Waals surface area contributed by atoms with Gasteiger partial charge in [0.2, 0.25) is 0 Å². The Morgan fingerprint density at radius 1 is 1.27 bits per heavy atom. The van der Waals surface area contributed by atoms with E-state index in [0.29, 0.717) is 0 Å². The minimum Gasteiger partial charge on any atom is -0.361 e. The van der Waals surface area contributed by atoms with E-state index in [1.54, 1.807) is 0 Å². The Morgan fingerprint density at radius 2 is 2.27 bits per heavy atom. The number of benzene rings is 1. The molecule has 1 aromatic heterocycles. The molecule has 1 unspecified atom stereocenters. The first-order valence-corrected chi connectivity index (χ1v) is 5.69. The van der Waals surface area contributed by atoms with Crippen LogP contribution in [-0.4, -0.2) is 18.1 Å². The van der Waals surface area contributed by atoms with Crippen molar-refractivity contribution in [2.45, 2.75) is 12.8 Å². The van der Waals surface area contributed by atoms with Crippen molar-refractivity contribution in [3.8, 4) is 0 Å². The van der Waals surface area contributed by atoms with Crippen LogP contribution in [0.15, 0.2) is 30.5 Å². The summed E-state index contributed by atoms with van der Waals surface area (Å²) in [6, 6.07) is 8.74. The second-order valence-electron chi connectivity index (χ2n) is 4.42. The maximum absolute atomic E-state index is 3.43. The zero-order valence-corrected chi connectivity index (χ0v) is 8.79. The highest BCUT2D eigenvalue weighted by Gasteiger charge is 2.15. The Hall–Kier alpha value is -1.28. The number of nitrogens with one attached hydrogen (secondary N) is 2. The summed E-state index contributed by atoms with van der Waals surface area (Å²) in [4.78, 5) is 3.27. The minimum absolute atomic E-state index is 0.825. The van der Waals surface area contributed by atoms with E-state index in [4.69, 9.17) is 0 Å². The van der Waals surface area contributed by atoms with Gasteiger partial charge in [-0.05, 0) is 49.5 Å². The molecule has 0 amide bonds. The van der Waals surface area contributed by atoms with Crippen molar-refractivity contribution in [2.75, 3.05) is 13.1 Å². The molecular weight excluding hydrogens is 184 g/mol. The molecule has 1 fully saturated rings. The molecule has 0 saturated carbocycles. The average molecular weight is 200 g/mol. The van der Waals surface area contributed by atoms with E-state index in [-0.39, 0.29) is 0 Å². The molecule has 1 aliphatic heterocycles. The number of rotatable bonds is 2. The quantitative estimate of drug-likeness (QED) is 0.765. The van der Waals surface area contributed by atoms with Gasteiger partial charge in [0.1, 0.15) is 0 Å². The largest absolute Gasteiger partial charge is 0.361 e. The highest BCUT2D eigenvalue weighted by atomic mass is 14.9. The Labute approximate surface area is 89.7 Å². The van der Waals surface area contributed by atoms with Gasteiger partial charge in [0, 0.05) is 17.1 Å². The number of hydrogen-bond acceptors (Lipinski definition) is 1. The second-order valence-corrected chi connectivity index (χ2v) is 4.42. The molecule has 2 N–H and O–H groups in total. The summed E-state index contributed by atoms with van der Waals surface area (Å²) in [7, 11) is 0. The lowest BCUT2D eigenvalue weighted by Gasteiger charge is -2.09. The summed E-state index contributed by atoms with van der Waals surface area (Å²) in [6.07, 6.45) is 4.56. The molecule has 1 saturated heterocycles. The topological polar surface area (TPSA) is 27.8 Å². The predicted octanol–water partition coefficient (Wildman–Crippen LogP) is 2.32. The Morgan fingerprint density at radius 3 is 3.13 bits per heavy atom. The van der Waals surface area contributed by atoms with Gasteiger partial charge in [0.05, 0.1) is 0 Å². The van der Waals surface area contributed by atoms with E-state index in [0.717, 1.165) is 5.92 Å². The average Bonchev–Trinajstić information content (AvgIpc) is 2.87. The van der Waals surface area contributed by atoms with Crippen molar-refractivity contribution in [2.24, 2.45) is 5.92 Å². The molecule has 0 radical (unpaired) electrons. The standard InChI is InChI=1S/C13H16N2/c1-2-11(8-10-4-6-14-9-10)12-5-7-15-13(12)3-1/h1-3,5,7,10,14-15H,4,6,8-9H2. The van der Waals surface area contributed by atoms with Gasteiger partial charge in [-0.3, -0.25) is 0 Å². The van der Waals surface area contributed by atoms with E-state index >= 15 is 0 Å². The zero-order valence-electron chi connectivity index (χ0n) is 8.79. The van der Waals surface area contributed by atoms with Crippen LogP contribution in [-0.2, 0) is 6.42 Å². The first kappa shape index (κ1) is 8.98. The molecule has 1 aliphatic rings. The van der Waals surface area contributed by atoms with Crippen LogP contribution in [0.2, 0.25) is 0 Å². The van der Waals surface area contributed by atoms with Crippen LogP contribution in [0.25, 0.3) is 10.9 Å². The molecule has 2 aromatic rings. The molecule has 3 rings (SSSR count). The number of hydrogen-bond donors (Lipinski definition) is 2. The summed E-state index contributed by atoms with van der Waals surface area (Å²) in [5, 5.41) is 4.82. The van der Waals surface area contributed by atoms with Crippen LogP contribution in [0.1, 0.15) is 12.0 Å². The number of aromatic amines is 1. The molecule has 2 heteroatoms. The third-order valence-electron chi connectivity index (χ3n) is 3.36. The lowest BCUT2D eigenvalue weighted by Crippen LogP contribution is -2.10. The number of H-pyrrole nitrogens is 1. The fourth-order valence-corrected chi connectivity index (χ4v) is 2.53. The van der Waals surface area contributed by atoms with Gasteiger partial charge in [-0.15, -0.1) is 0 Å². The van der Waals surface area contributed by atoms with Crippen LogP contribution in [0.3, 0.4) is 0 Å². The fraction of sp³-hybridized carbons (Fsp3) is 0.385. The number of fused-ring (bicyclic) bond motifs is 1. The normalized spacial score (nSPS) is 21.2. The molecule has 0 spiro atoms. The molecule has 2 heterocycles. The van der Waals surface area contributed by atoms with Gasteiger partial charge >= 0.3 is 0 Å². The van der Waals surface area contributed by atoms with Crippen molar-refractivity contribution < 1.29 is 0 Å². The summed E-state index contributed by atoms with van der Waals surface area (Å²) in [6.45, 7) is 2.37.